The summed E-state index contributed by atoms with van der Waals surface area (Å²) in [5.74, 6) is 6.41. The zero-order valence-corrected chi connectivity index (χ0v) is 12.1. The Bertz CT molecular complexity index is 624. The van der Waals surface area contributed by atoms with Crippen LogP contribution in [0.15, 0.2) is 41.8 Å². The molecule has 1 aromatic carbocycles. The van der Waals surface area contributed by atoms with Gasteiger partial charge < -0.3 is 5.11 Å². The Morgan fingerprint density at radius 1 is 1.20 bits per heavy atom. The lowest BCUT2D eigenvalue weighted by Crippen LogP contribution is -2.42. The van der Waals surface area contributed by atoms with Gasteiger partial charge >= 0.3 is 0 Å². The first-order chi connectivity index (χ1) is 9.86. The van der Waals surface area contributed by atoms with E-state index in [0.717, 1.165) is 17.8 Å². The van der Waals surface area contributed by atoms with E-state index in [4.69, 9.17) is 0 Å². The Hall–Kier alpha value is -1.60. The van der Waals surface area contributed by atoms with E-state index >= 15 is 0 Å². The van der Waals surface area contributed by atoms with Gasteiger partial charge in [0.05, 0.1) is 18.0 Å². The Balaban J connectivity index is 1.72. The van der Waals surface area contributed by atoms with Gasteiger partial charge in [-0.05, 0) is 29.0 Å². The predicted molar refractivity (Wildman–Crippen MR) is 82.6 cm³/mol. The molecule has 0 saturated heterocycles. The molecule has 1 aliphatic heterocycles. The van der Waals surface area contributed by atoms with E-state index in [1.165, 1.54) is 11.1 Å². The average molecular weight is 283 g/mol. The Morgan fingerprint density at radius 2 is 2.05 bits per heavy atom. The second kappa shape index (κ2) is 6.23. The maximum absolute atomic E-state index is 9.58. The summed E-state index contributed by atoms with van der Waals surface area (Å²) in [6.07, 6.45) is 0.910. The second-order valence-corrected chi connectivity index (χ2v) is 5.94. The molecule has 1 aliphatic rings. The van der Waals surface area contributed by atoms with Crippen LogP contribution < -0.4 is 0 Å². The molecule has 1 atom stereocenters. The van der Waals surface area contributed by atoms with E-state index in [9.17, 15) is 5.11 Å². The molecule has 0 bridgehead atoms. The largest absolute Gasteiger partial charge is 0.395 e. The van der Waals surface area contributed by atoms with Gasteiger partial charge in [0.15, 0.2) is 0 Å². The summed E-state index contributed by atoms with van der Waals surface area (Å²) in [4.78, 5) is 3.37. The molecule has 2 heterocycles. The minimum absolute atomic E-state index is 0.183. The predicted octanol–water partition coefficient (Wildman–Crippen LogP) is 2.52. The second-order valence-electron chi connectivity index (χ2n) is 4.99. The summed E-state index contributed by atoms with van der Waals surface area (Å²) in [7, 11) is 0. The molecule has 2 nitrogen and oxygen atoms in total. The Labute approximate surface area is 123 Å². The van der Waals surface area contributed by atoms with Crippen molar-refractivity contribution in [2.24, 2.45) is 0 Å². The van der Waals surface area contributed by atoms with Crippen LogP contribution in [0.5, 0.6) is 0 Å². The van der Waals surface area contributed by atoms with Gasteiger partial charge in [-0.15, -0.1) is 11.3 Å². The van der Waals surface area contributed by atoms with Crippen molar-refractivity contribution in [2.75, 3.05) is 13.2 Å². The van der Waals surface area contributed by atoms with Crippen LogP contribution in [-0.4, -0.2) is 29.2 Å². The fourth-order valence-corrected chi connectivity index (χ4v) is 3.18. The van der Waals surface area contributed by atoms with Gasteiger partial charge in [-0.25, -0.2) is 0 Å². The molecule has 0 aliphatic carbocycles. The first kappa shape index (κ1) is 13.4. The summed E-state index contributed by atoms with van der Waals surface area (Å²) in [6, 6.07) is 12.7. The van der Waals surface area contributed by atoms with E-state index in [1.54, 1.807) is 11.3 Å². The number of hydrogen-bond donors (Lipinski definition) is 1. The van der Waals surface area contributed by atoms with Gasteiger partial charge in [-0.3, -0.25) is 4.90 Å². The molecule has 0 saturated carbocycles. The smallest absolute Gasteiger partial charge is 0.0768 e. The summed E-state index contributed by atoms with van der Waals surface area (Å²) in [5.41, 5.74) is 2.71. The lowest BCUT2D eigenvalue weighted by Gasteiger charge is -2.34. The number of aliphatic hydroxyl groups is 1. The van der Waals surface area contributed by atoms with Crippen LogP contribution in [0.4, 0.5) is 0 Å². The van der Waals surface area contributed by atoms with Crippen LogP contribution >= 0.6 is 11.3 Å². The summed E-state index contributed by atoms with van der Waals surface area (Å²) < 4.78 is 0. The first-order valence-electron chi connectivity index (χ1n) is 6.81. The highest BCUT2D eigenvalue weighted by Gasteiger charge is 2.24. The van der Waals surface area contributed by atoms with Crippen LogP contribution in [0.2, 0.25) is 0 Å². The molecule has 20 heavy (non-hydrogen) atoms. The topological polar surface area (TPSA) is 23.5 Å². The van der Waals surface area contributed by atoms with Crippen molar-refractivity contribution < 1.29 is 5.11 Å². The lowest BCUT2D eigenvalue weighted by molar-refractivity contribution is 0.119. The first-order valence-corrected chi connectivity index (χ1v) is 7.69. The number of benzene rings is 1. The Morgan fingerprint density at radius 3 is 2.80 bits per heavy atom. The van der Waals surface area contributed by atoms with E-state index in [0.29, 0.717) is 6.54 Å². The van der Waals surface area contributed by atoms with Crippen LogP contribution in [0, 0.1) is 11.8 Å². The van der Waals surface area contributed by atoms with Gasteiger partial charge in [-0.1, -0.05) is 42.2 Å². The van der Waals surface area contributed by atoms with E-state index in [2.05, 4.69) is 41.0 Å². The van der Waals surface area contributed by atoms with E-state index in [1.807, 2.05) is 17.5 Å². The fourth-order valence-electron chi connectivity index (χ4n) is 2.58. The standard InChI is InChI=1S/C17H17NOS/c19-13-16-11-14-5-1-2-6-15(14)12-18(16)9-3-7-17-8-4-10-20-17/h1-2,4-6,8,10,16,19H,9,11-13H2/t16-/m0/s1. The minimum atomic E-state index is 0.183. The molecule has 0 radical (unpaired) electrons. The summed E-state index contributed by atoms with van der Waals surface area (Å²) in [5, 5.41) is 11.6. The quantitative estimate of drug-likeness (QED) is 0.856. The molecule has 1 aromatic heterocycles. The van der Waals surface area contributed by atoms with E-state index in [-0.39, 0.29) is 12.6 Å². The van der Waals surface area contributed by atoms with Gasteiger partial charge in [-0.2, -0.15) is 0 Å². The molecule has 3 rings (SSSR count). The molecule has 2 aromatic rings. The normalized spacial score (nSPS) is 18.1. The number of rotatable bonds is 2. The van der Waals surface area contributed by atoms with Crippen LogP contribution in [0.25, 0.3) is 0 Å². The molecular weight excluding hydrogens is 266 g/mol. The summed E-state index contributed by atoms with van der Waals surface area (Å²) in [6.45, 7) is 1.77. The third-order valence-electron chi connectivity index (χ3n) is 3.69. The third kappa shape index (κ3) is 2.94. The summed E-state index contributed by atoms with van der Waals surface area (Å²) >= 11 is 1.66. The molecule has 102 valence electrons. The number of nitrogens with zero attached hydrogens (tertiary/aromatic N) is 1. The zero-order chi connectivity index (χ0) is 13.8. The van der Waals surface area contributed by atoms with Gasteiger partial charge in [0.25, 0.3) is 0 Å². The van der Waals surface area contributed by atoms with Crippen LogP contribution in [0.1, 0.15) is 16.0 Å². The maximum atomic E-state index is 9.58. The van der Waals surface area contributed by atoms with Crippen molar-refractivity contribution in [3.8, 4) is 11.8 Å². The number of hydrogen-bond acceptors (Lipinski definition) is 3. The molecule has 0 unspecified atom stereocenters. The van der Waals surface area contributed by atoms with Crippen molar-refractivity contribution in [2.45, 2.75) is 19.0 Å². The number of fused-ring (bicyclic) bond motifs is 1. The van der Waals surface area contributed by atoms with Crippen molar-refractivity contribution in [3.05, 3.63) is 57.8 Å². The van der Waals surface area contributed by atoms with Crippen molar-refractivity contribution in [3.63, 3.8) is 0 Å². The van der Waals surface area contributed by atoms with Gasteiger partial charge in [0, 0.05) is 12.6 Å². The molecule has 3 heteroatoms. The average Bonchev–Trinajstić information content (AvgIpc) is 3.00. The molecule has 0 fully saturated rings. The monoisotopic (exact) mass is 283 g/mol. The number of thiophene rings is 1. The minimum Gasteiger partial charge on any atom is -0.395 e. The lowest BCUT2D eigenvalue weighted by atomic mass is 9.94. The van der Waals surface area contributed by atoms with Crippen molar-refractivity contribution in [1.82, 2.24) is 4.90 Å². The zero-order valence-electron chi connectivity index (χ0n) is 11.2. The number of aliphatic hydroxyl groups excluding tert-OH is 1. The van der Waals surface area contributed by atoms with Crippen LogP contribution in [-0.2, 0) is 13.0 Å². The molecule has 0 amide bonds. The highest BCUT2D eigenvalue weighted by atomic mass is 32.1. The van der Waals surface area contributed by atoms with Gasteiger partial charge in [0.2, 0.25) is 0 Å². The fraction of sp³-hybridized carbons (Fsp3) is 0.294. The highest BCUT2D eigenvalue weighted by molar-refractivity contribution is 7.10. The molecular formula is C17H17NOS. The van der Waals surface area contributed by atoms with Crippen molar-refractivity contribution in [1.29, 1.82) is 0 Å². The third-order valence-corrected chi connectivity index (χ3v) is 4.47. The van der Waals surface area contributed by atoms with Gasteiger partial charge in [0.1, 0.15) is 0 Å². The maximum Gasteiger partial charge on any atom is 0.0768 e. The molecule has 0 spiro atoms. The highest BCUT2D eigenvalue weighted by Crippen LogP contribution is 2.22. The molecule has 1 N–H and O–H groups in total. The van der Waals surface area contributed by atoms with E-state index < -0.39 is 0 Å². The Kier molecular flexibility index (Phi) is 4.17. The van der Waals surface area contributed by atoms with Crippen LogP contribution in [0.3, 0.4) is 0 Å². The SMILES string of the molecule is OC[C@@H]1Cc2ccccc2CN1CC#Cc1cccs1. The van der Waals surface area contributed by atoms with Crippen molar-refractivity contribution >= 4 is 11.3 Å².